The number of nitrogens with zero attached hydrogens (tertiary/aromatic N) is 1. The minimum absolute atomic E-state index is 0.0160. The number of hydrogen-bond donors (Lipinski definition) is 3. The van der Waals surface area contributed by atoms with Crippen molar-refractivity contribution in [2.45, 2.75) is 12.8 Å². The summed E-state index contributed by atoms with van der Waals surface area (Å²) < 4.78 is 5.21. The zero-order valence-electron chi connectivity index (χ0n) is 9.95. The van der Waals surface area contributed by atoms with Gasteiger partial charge in [-0.15, -0.1) is 0 Å². The van der Waals surface area contributed by atoms with Crippen LogP contribution in [0, 0.1) is 5.41 Å². The molecule has 3 N–H and O–H groups in total. The average molecular weight is 238 g/mol. The number of H-pyrrole nitrogens is 1. The van der Waals surface area contributed by atoms with Crippen LogP contribution < -0.4 is 10.6 Å². The van der Waals surface area contributed by atoms with Gasteiger partial charge >= 0.3 is 0 Å². The summed E-state index contributed by atoms with van der Waals surface area (Å²) in [5.74, 6) is 0.0160. The molecule has 0 saturated carbocycles. The Labute approximate surface area is 100 Å². The number of amides is 1. The van der Waals surface area contributed by atoms with Crippen LogP contribution in [0.15, 0.2) is 12.4 Å². The van der Waals surface area contributed by atoms with Crippen LogP contribution >= 0.6 is 0 Å². The smallest absolute Gasteiger partial charge is 0.233 e. The van der Waals surface area contributed by atoms with Gasteiger partial charge in [-0.2, -0.15) is 5.10 Å². The summed E-state index contributed by atoms with van der Waals surface area (Å²) >= 11 is 0. The molecule has 1 saturated heterocycles. The lowest BCUT2D eigenvalue weighted by atomic mass is 9.78. The maximum atomic E-state index is 12.3. The van der Waals surface area contributed by atoms with Crippen molar-refractivity contribution in [3.05, 3.63) is 12.4 Å². The van der Waals surface area contributed by atoms with Crippen molar-refractivity contribution in [3.63, 3.8) is 0 Å². The fraction of sp³-hybridized carbons (Fsp3) is 0.636. The quantitative estimate of drug-likeness (QED) is 0.708. The number of anilines is 1. The van der Waals surface area contributed by atoms with Crippen molar-refractivity contribution >= 4 is 11.6 Å². The van der Waals surface area contributed by atoms with Crippen LogP contribution in [0.4, 0.5) is 5.69 Å². The Hall–Kier alpha value is -1.40. The van der Waals surface area contributed by atoms with Crippen LogP contribution in [0.1, 0.15) is 12.8 Å². The second-order valence-corrected chi connectivity index (χ2v) is 4.40. The van der Waals surface area contributed by atoms with Crippen molar-refractivity contribution in [3.8, 4) is 0 Å². The molecule has 0 atom stereocenters. The number of rotatable bonds is 4. The number of carbonyl (C=O) groups is 1. The molecule has 0 spiro atoms. The van der Waals surface area contributed by atoms with Crippen LogP contribution in [0.5, 0.6) is 0 Å². The predicted molar refractivity (Wildman–Crippen MR) is 63.6 cm³/mol. The molecule has 94 valence electrons. The Balaban J connectivity index is 2.06. The molecular weight excluding hydrogens is 220 g/mol. The molecule has 1 aromatic heterocycles. The van der Waals surface area contributed by atoms with Gasteiger partial charge in [0.25, 0.3) is 0 Å². The molecule has 0 unspecified atom stereocenters. The minimum Gasteiger partial charge on any atom is -0.384 e. The van der Waals surface area contributed by atoms with Crippen molar-refractivity contribution in [1.29, 1.82) is 0 Å². The molecule has 0 bridgehead atoms. The lowest BCUT2D eigenvalue weighted by Crippen LogP contribution is -2.47. The Bertz CT molecular complexity index is 352. The Morgan fingerprint density at radius 1 is 1.59 bits per heavy atom. The number of hydrogen-bond acceptors (Lipinski definition) is 4. The van der Waals surface area contributed by atoms with E-state index in [0.717, 1.165) is 25.9 Å². The van der Waals surface area contributed by atoms with Crippen LogP contribution in [0.3, 0.4) is 0 Å². The van der Waals surface area contributed by atoms with E-state index in [1.807, 2.05) is 0 Å². The summed E-state index contributed by atoms with van der Waals surface area (Å²) in [6, 6.07) is 0. The van der Waals surface area contributed by atoms with Crippen molar-refractivity contribution in [1.82, 2.24) is 15.5 Å². The van der Waals surface area contributed by atoms with Gasteiger partial charge in [0.2, 0.25) is 5.91 Å². The van der Waals surface area contributed by atoms with E-state index in [4.69, 9.17) is 4.74 Å². The lowest BCUT2D eigenvalue weighted by Gasteiger charge is -2.35. The standard InChI is InChI=1S/C11H18N4O2/c1-17-8-11(2-4-12-5-3-11)10(16)15-9-6-13-14-7-9/h6-7,12H,2-5,8H2,1H3,(H,13,14)(H,15,16). The van der Waals surface area contributed by atoms with E-state index in [1.54, 1.807) is 19.5 Å². The summed E-state index contributed by atoms with van der Waals surface area (Å²) in [7, 11) is 1.63. The topological polar surface area (TPSA) is 79.0 Å². The van der Waals surface area contributed by atoms with Crippen LogP contribution in [-0.4, -0.2) is 42.9 Å². The lowest BCUT2D eigenvalue weighted by molar-refractivity contribution is -0.130. The molecule has 1 amide bonds. The monoisotopic (exact) mass is 238 g/mol. The van der Waals surface area contributed by atoms with E-state index in [9.17, 15) is 4.79 Å². The maximum absolute atomic E-state index is 12.3. The molecule has 17 heavy (non-hydrogen) atoms. The Kier molecular flexibility index (Phi) is 3.75. The third kappa shape index (κ3) is 2.65. The first kappa shape index (κ1) is 12.1. The van der Waals surface area contributed by atoms with Crippen molar-refractivity contribution < 1.29 is 9.53 Å². The van der Waals surface area contributed by atoms with E-state index in [1.165, 1.54) is 0 Å². The van der Waals surface area contributed by atoms with Gasteiger partial charge in [-0.1, -0.05) is 0 Å². The van der Waals surface area contributed by atoms with Gasteiger partial charge in [0, 0.05) is 13.3 Å². The summed E-state index contributed by atoms with van der Waals surface area (Å²) in [6.45, 7) is 2.16. The van der Waals surface area contributed by atoms with Gasteiger partial charge in [0.15, 0.2) is 0 Å². The minimum atomic E-state index is -0.419. The number of nitrogens with one attached hydrogen (secondary N) is 3. The highest BCUT2D eigenvalue weighted by molar-refractivity contribution is 5.95. The Morgan fingerprint density at radius 3 is 2.94 bits per heavy atom. The molecule has 0 aliphatic carbocycles. The highest BCUT2D eigenvalue weighted by atomic mass is 16.5. The zero-order valence-corrected chi connectivity index (χ0v) is 9.95. The van der Waals surface area contributed by atoms with E-state index < -0.39 is 5.41 Å². The highest BCUT2D eigenvalue weighted by Crippen LogP contribution is 2.30. The first-order valence-electron chi connectivity index (χ1n) is 5.77. The molecule has 2 rings (SSSR count). The molecular formula is C11H18N4O2. The van der Waals surface area contributed by atoms with E-state index in [0.29, 0.717) is 12.3 Å². The zero-order chi connectivity index (χ0) is 12.1. The van der Waals surface area contributed by atoms with Gasteiger partial charge in [0.1, 0.15) is 0 Å². The molecule has 1 aliphatic rings. The Morgan fingerprint density at radius 2 is 2.35 bits per heavy atom. The van der Waals surface area contributed by atoms with Gasteiger partial charge < -0.3 is 15.4 Å². The van der Waals surface area contributed by atoms with Crippen LogP contribution in [-0.2, 0) is 9.53 Å². The van der Waals surface area contributed by atoms with E-state index >= 15 is 0 Å². The molecule has 2 heterocycles. The number of carbonyl (C=O) groups excluding carboxylic acids is 1. The fourth-order valence-electron chi connectivity index (χ4n) is 2.20. The summed E-state index contributed by atoms with van der Waals surface area (Å²) in [5.41, 5.74) is 0.279. The van der Waals surface area contributed by atoms with Gasteiger partial charge in [-0.25, -0.2) is 0 Å². The first-order valence-corrected chi connectivity index (χ1v) is 5.77. The molecule has 1 aromatic rings. The van der Waals surface area contributed by atoms with Crippen LogP contribution in [0.2, 0.25) is 0 Å². The molecule has 0 radical (unpaired) electrons. The van der Waals surface area contributed by atoms with Crippen LogP contribution in [0.25, 0.3) is 0 Å². The predicted octanol–water partition coefficient (Wildman–Crippen LogP) is 0.364. The molecule has 1 aliphatic heterocycles. The van der Waals surface area contributed by atoms with Crippen molar-refractivity contribution in [2.75, 3.05) is 32.1 Å². The van der Waals surface area contributed by atoms with Gasteiger partial charge in [0.05, 0.1) is 23.9 Å². The van der Waals surface area contributed by atoms with Gasteiger partial charge in [-0.3, -0.25) is 9.89 Å². The first-order chi connectivity index (χ1) is 8.27. The van der Waals surface area contributed by atoms with Crippen molar-refractivity contribution in [2.24, 2.45) is 5.41 Å². The maximum Gasteiger partial charge on any atom is 0.233 e. The molecule has 6 heteroatoms. The van der Waals surface area contributed by atoms with E-state index in [-0.39, 0.29) is 5.91 Å². The third-order valence-corrected chi connectivity index (χ3v) is 3.22. The summed E-state index contributed by atoms with van der Waals surface area (Å²) in [4.78, 5) is 12.3. The van der Waals surface area contributed by atoms with E-state index in [2.05, 4.69) is 20.8 Å². The summed E-state index contributed by atoms with van der Waals surface area (Å²) in [6.07, 6.45) is 4.86. The van der Waals surface area contributed by atoms with Gasteiger partial charge in [-0.05, 0) is 25.9 Å². The molecule has 1 fully saturated rings. The fourth-order valence-corrected chi connectivity index (χ4v) is 2.20. The summed E-state index contributed by atoms with van der Waals surface area (Å²) in [5, 5.41) is 12.6. The number of piperidine rings is 1. The highest BCUT2D eigenvalue weighted by Gasteiger charge is 2.39. The SMILES string of the molecule is COCC1(C(=O)Nc2cn[nH]c2)CCNCC1. The number of aromatic nitrogens is 2. The average Bonchev–Trinajstić information content (AvgIpc) is 2.83. The molecule has 6 nitrogen and oxygen atoms in total. The largest absolute Gasteiger partial charge is 0.384 e. The number of ether oxygens (including phenoxy) is 1. The molecule has 0 aromatic carbocycles. The number of methoxy groups -OCH3 is 1. The second-order valence-electron chi connectivity index (χ2n) is 4.40. The third-order valence-electron chi connectivity index (χ3n) is 3.22. The second kappa shape index (κ2) is 5.29. The number of aromatic amines is 1. The normalized spacial score (nSPS) is 18.9.